The van der Waals surface area contributed by atoms with Crippen LogP contribution in [0.1, 0.15) is 28.4 Å². The van der Waals surface area contributed by atoms with E-state index in [0.29, 0.717) is 0 Å². The van der Waals surface area contributed by atoms with Crippen LogP contribution in [0.25, 0.3) is 5.69 Å². The molecule has 0 unspecified atom stereocenters. The Kier molecular flexibility index (Phi) is 5.75. The number of alkyl halides is 3. The third-order valence-corrected chi connectivity index (χ3v) is 5.51. The predicted octanol–water partition coefficient (Wildman–Crippen LogP) is 2.37. The summed E-state index contributed by atoms with van der Waals surface area (Å²) in [5, 5.41) is 3.70. The number of hydrogen-bond donors (Lipinski definition) is 3. The molecule has 1 aliphatic rings. The summed E-state index contributed by atoms with van der Waals surface area (Å²) in [5.74, 6) is -3.74. The van der Waals surface area contributed by atoms with Crippen molar-refractivity contribution < 1.29 is 27.5 Å². The first-order valence-electron chi connectivity index (χ1n) is 10.4. The van der Waals surface area contributed by atoms with Gasteiger partial charge in [-0.1, -0.05) is 29.8 Å². The molecule has 182 valence electrons. The summed E-state index contributed by atoms with van der Waals surface area (Å²) < 4.78 is 49.8. The fourth-order valence-electron chi connectivity index (χ4n) is 3.89. The Morgan fingerprint density at radius 1 is 1.09 bits per heavy atom. The van der Waals surface area contributed by atoms with Crippen molar-refractivity contribution >= 4 is 17.6 Å². The van der Waals surface area contributed by atoms with Crippen LogP contribution in [0.3, 0.4) is 0 Å². The standard InChI is InChI=1S/C23H19F3N4O5/c1-3-35-15-7-5-4-6-14(15)18(31)29-22(23(24,25)26)16-17(27-20(22)33)30(21(34)28-19(16)32)13-10-8-12(2)9-11-13/h4-11H,3H2,1-2H3,(H,27,33)(H,29,31)(H,28,32,34)/t22-/m0/s1. The SMILES string of the molecule is CCOc1ccccc1C(=O)N[C@]1(C(F)(F)F)C(=O)Nc2c1c(=O)[nH]c(=O)n2-c1ccc(C)cc1. The number of halogens is 3. The van der Waals surface area contributed by atoms with Crippen molar-refractivity contribution in [1.82, 2.24) is 14.9 Å². The van der Waals surface area contributed by atoms with Crippen molar-refractivity contribution in [2.24, 2.45) is 0 Å². The van der Waals surface area contributed by atoms with Gasteiger partial charge in [-0.2, -0.15) is 13.2 Å². The fourth-order valence-corrected chi connectivity index (χ4v) is 3.89. The molecule has 0 fully saturated rings. The predicted molar refractivity (Wildman–Crippen MR) is 119 cm³/mol. The first kappa shape index (κ1) is 23.8. The van der Waals surface area contributed by atoms with Crippen LogP contribution >= 0.6 is 0 Å². The van der Waals surface area contributed by atoms with Gasteiger partial charge in [-0.3, -0.25) is 19.4 Å². The number of carbonyl (C=O) groups excluding carboxylic acids is 2. The van der Waals surface area contributed by atoms with Crippen LogP contribution < -0.4 is 26.6 Å². The van der Waals surface area contributed by atoms with E-state index in [0.717, 1.165) is 10.1 Å². The van der Waals surface area contributed by atoms with Crippen molar-refractivity contribution in [2.45, 2.75) is 25.6 Å². The summed E-state index contributed by atoms with van der Waals surface area (Å²) in [7, 11) is 0. The van der Waals surface area contributed by atoms with Crippen LogP contribution in [-0.2, 0) is 10.3 Å². The van der Waals surface area contributed by atoms with E-state index in [9.17, 15) is 32.3 Å². The van der Waals surface area contributed by atoms with E-state index in [2.05, 4.69) is 0 Å². The zero-order chi connectivity index (χ0) is 25.5. The van der Waals surface area contributed by atoms with Gasteiger partial charge in [0.15, 0.2) is 0 Å². The molecule has 3 aromatic rings. The number of anilines is 1. The minimum atomic E-state index is -5.46. The number of H-pyrrole nitrogens is 1. The van der Waals surface area contributed by atoms with Crippen LogP contribution in [0.15, 0.2) is 58.1 Å². The zero-order valence-electron chi connectivity index (χ0n) is 18.4. The van der Waals surface area contributed by atoms with Gasteiger partial charge in [-0.05, 0) is 38.1 Å². The monoisotopic (exact) mass is 488 g/mol. The second-order valence-corrected chi connectivity index (χ2v) is 7.74. The number of amides is 2. The molecule has 9 nitrogen and oxygen atoms in total. The molecule has 2 heterocycles. The average Bonchev–Trinajstić information content (AvgIpc) is 3.08. The van der Waals surface area contributed by atoms with Crippen LogP contribution in [0.4, 0.5) is 19.0 Å². The largest absolute Gasteiger partial charge is 0.493 e. The van der Waals surface area contributed by atoms with Crippen LogP contribution in [-0.4, -0.2) is 34.1 Å². The topological polar surface area (TPSA) is 122 Å². The van der Waals surface area contributed by atoms with Gasteiger partial charge in [0, 0.05) is 0 Å². The number of carbonyl (C=O) groups is 2. The molecule has 3 N–H and O–H groups in total. The summed E-state index contributed by atoms with van der Waals surface area (Å²) in [4.78, 5) is 53.1. The van der Waals surface area contributed by atoms with Gasteiger partial charge in [0.25, 0.3) is 22.9 Å². The van der Waals surface area contributed by atoms with E-state index in [1.54, 1.807) is 31.3 Å². The van der Waals surface area contributed by atoms with E-state index < -0.39 is 46.2 Å². The highest BCUT2D eigenvalue weighted by Crippen LogP contribution is 2.45. The summed E-state index contributed by atoms with van der Waals surface area (Å²) >= 11 is 0. The van der Waals surface area contributed by atoms with Gasteiger partial charge in [0.2, 0.25) is 0 Å². The summed E-state index contributed by atoms with van der Waals surface area (Å²) in [6, 6.07) is 11.6. The van der Waals surface area contributed by atoms with Crippen molar-refractivity contribution in [3.8, 4) is 11.4 Å². The summed E-state index contributed by atoms with van der Waals surface area (Å²) in [6.07, 6.45) is -5.46. The molecule has 1 aliphatic heterocycles. The molecular weight excluding hydrogens is 469 g/mol. The lowest BCUT2D eigenvalue weighted by Crippen LogP contribution is -2.62. The summed E-state index contributed by atoms with van der Waals surface area (Å²) in [5.41, 5.74) is -6.84. The molecule has 0 aliphatic carbocycles. The minimum absolute atomic E-state index is 0.0120. The van der Waals surface area contributed by atoms with Gasteiger partial charge in [0.05, 0.1) is 17.9 Å². The molecule has 0 bridgehead atoms. The van der Waals surface area contributed by atoms with Gasteiger partial charge in [-0.25, -0.2) is 9.36 Å². The maximum absolute atomic E-state index is 14.6. The molecule has 35 heavy (non-hydrogen) atoms. The number of para-hydroxylation sites is 1. The fraction of sp³-hybridized carbons (Fsp3) is 0.217. The molecule has 2 aromatic carbocycles. The van der Waals surface area contributed by atoms with E-state index >= 15 is 0 Å². The second-order valence-electron chi connectivity index (χ2n) is 7.74. The van der Waals surface area contributed by atoms with Gasteiger partial charge in [-0.15, -0.1) is 0 Å². The van der Waals surface area contributed by atoms with Crippen molar-refractivity contribution in [2.75, 3.05) is 11.9 Å². The number of benzene rings is 2. The molecule has 0 saturated carbocycles. The Bertz CT molecular complexity index is 1440. The molecular formula is C23H19F3N4O5. The van der Waals surface area contributed by atoms with Crippen LogP contribution in [0.5, 0.6) is 5.75 Å². The molecule has 0 spiro atoms. The van der Waals surface area contributed by atoms with Crippen LogP contribution in [0.2, 0.25) is 0 Å². The lowest BCUT2D eigenvalue weighted by Gasteiger charge is -2.30. The number of ether oxygens (including phenoxy) is 1. The Hall–Kier alpha value is -4.35. The lowest BCUT2D eigenvalue weighted by molar-refractivity contribution is -0.196. The minimum Gasteiger partial charge on any atom is -0.493 e. The van der Waals surface area contributed by atoms with Crippen molar-refractivity contribution in [3.63, 3.8) is 0 Å². The number of nitrogens with one attached hydrogen (secondary N) is 3. The number of hydrogen-bond acceptors (Lipinski definition) is 5. The third-order valence-electron chi connectivity index (χ3n) is 5.51. The highest BCUT2D eigenvalue weighted by atomic mass is 19.4. The molecule has 1 atom stereocenters. The summed E-state index contributed by atoms with van der Waals surface area (Å²) in [6.45, 7) is 3.51. The maximum atomic E-state index is 14.6. The highest BCUT2D eigenvalue weighted by Gasteiger charge is 2.68. The van der Waals surface area contributed by atoms with Crippen LogP contribution in [0, 0.1) is 6.92 Å². The van der Waals surface area contributed by atoms with Gasteiger partial charge in [0.1, 0.15) is 17.1 Å². The molecule has 0 saturated heterocycles. The Morgan fingerprint density at radius 3 is 2.37 bits per heavy atom. The van der Waals surface area contributed by atoms with E-state index in [4.69, 9.17) is 4.74 Å². The normalized spacial score (nSPS) is 17.0. The Balaban J connectivity index is 1.95. The number of fused-ring (bicyclic) bond motifs is 1. The molecule has 2 amide bonds. The smallest absolute Gasteiger partial charge is 0.425 e. The van der Waals surface area contributed by atoms with Crippen molar-refractivity contribution in [1.29, 1.82) is 0 Å². The number of aromatic amines is 1. The Morgan fingerprint density at radius 2 is 1.74 bits per heavy atom. The second kappa shape index (κ2) is 8.46. The van der Waals surface area contributed by atoms with Gasteiger partial charge >= 0.3 is 11.9 Å². The maximum Gasteiger partial charge on any atom is 0.425 e. The van der Waals surface area contributed by atoms with E-state index in [-0.39, 0.29) is 23.6 Å². The van der Waals surface area contributed by atoms with E-state index in [1.807, 2.05) is 10.3 Å². The quantitative estimate of drug-likeness (QED) is 0.509. The molecule has 12 heteroatoms. The first-order chi connectivity index (χ1) is 16.5. The average molecular weight is 488 g/mol. The third kappa shape index (κ3) is 3.76. The highest BCUT2D eigenvalue weighted by molar-refractivity contribution is 6.10. The number of rotatable bonds is 5. The number of aryl methyl sites for hydroxylation is 1. The molecule has 0 radical (unpaired) electrons. The lowest BCUT2D eigenvalue weighted by atomic mass is 9.91. The zero-order valence-corrected chi connectivity index (χ0v) is 18.4. The number of aromatic nitrogens is 2. The van der Waals surface area contributed by atoms with E-state index in [1.165, 1.54) is 36.4 Å². The van der Waals surface area contributed by atoms with Gasteiger partial charge < -0.3 is 15.4 Å². The molecule has 4 rings (SSSR count). The first-order valence-corrected chi connectivity index (χ1v) is 10.4. The van der Waals surface area contributed by atoms with Crippen molar-refractivity contribution in [3.05, 3.63) is 86.1 Å². The Labute approximate surface area is 195 Å². The number of nitrogens with zero attached hydrogens (tertiary/aromatic N) is 1. The molecule has 1 aromatic heterocycles.